The first kappa shape index (κ1) is 24.9. The van der Waals surface area contributed by atoms with E-state index in [1.807, 2.05) is 31.2 Å². The van der Waals surface area contributed by atoms with Crippen LogP contribution < -0.4 is 14.3 Å². The highest BCUT2D eigenvalue weighted by atomic mass is 32.3. The first-order chi connectivity index (χ1) is 18.8. The largest absolute Gasteiger partial charge is 0.493 e. The van der Waals surface area contributed by atoms with Gasteiger partial charge in [-0.3, -0.25) is 9.78 Å². The van der Waals surface area contributed by atoms with Gasteiger partial charge in [0.05, 0.1) is 29.1 Å². The summed E-state index contributed by atoms with van der Waals surface area (Å²) in [5.74, 6) is 2.78. The van der Waals surface area contributed by atoms with E-state index < -0.39 is 10.5 Å². The molecule has 0 aliphatic heterocycles. The summed E-state index contributed by atoms with van der Waals surface area (Å²) in [5.41, 5.74) is 3.79. The molecule has 39 heavy (non-hydrogen) atoms. The van der Waals surface area contributed by atoms with E-state index in [1.54, 1.807) is 6.07 Å². The van der Waals surface area contributed by atoms with Crippen molar-refractivity contribution in [2.45, 2.75) is 38.6 Å². The van der Waals surface area contributed by atoms with Crippen LogP contribution in [-0.2, 0) is 10.5 Å². The number of H-pyrrole nitrogens is 1. The van der Waals surface area contributed by atoms with Gasteiger partial charge in [-0.05, 0) is 50.1 Å². The van der Waals surface area contributed by atoms with Crippen molar-refractivity contribution in [1.29, 1.82) is 0 Å². The summed E-state index contributed by atoms with van der Waals surface area (Å²) in [6.07, 6.45) is 12.3. The van der Waals surface area contributed by atoms with E-state index in [0.29, 0.717) is 45.3 Å². The van der Waals surface area contributed by atoms with Crippen LogP contribution in [0.4, 0.5) is 3.89 Å². The lowest BCUT2D eigenvalue weighted by atomic mass is 10.0. The molecule has 1 saturated carbocycles. The predicted molar refractivity (Wildman–Crippen MR) is 148 cm³/mol. The number of hydrogen-bond acceptors (Lipinski definition) is 6. The fourth-order valence-electron chi connectivity index (χ4n) is 5.66. The molecular formula is C29H24FN3O5S. The summed E-state index contributed by atoms with van der Waals surface area (Å²) in [4.78, 5) is 21.5. The minimum absolute atomic E-state index is 0.139. The van der Waals surface area contributed by atoms with Crippen molar-refractivity contribution in [2.24, 2.45) is 0 Å². The molecule has 0 radical (unpaired) electrons. The number of nitrogens with one attached hydrogen (secondary N) is 1. The van der Waals surface area contributed by atoms with Crippen LogP contribution in [0.5, 0.6) is 11.5 Å². The van der Waals surface area contributed by atoms with Crippen molar-refractivity contribution in [3.63, 3.8) is 0 Å². The lowest BCUT2D eigenvalue weighted by molar-refractivity contribution is 0.342. The number of nitrogens with zero attached hydrogens (tertiary/aromatic N) is 2. The number of fused-ring (bicyclic) bond motifs is 4. The molecule has 1 N–H and O–H groups in total. The number of halogens is 1. The quantitative estimate of drug-likeness (QED) is 0.214. The number of pyridine rings is 2. The van der Waals surface area contributed by atoms with E-state index in [1.165, 1.54) is 12.3 Å². The molecule has 3 heterocycles. The normalized spacial score (nSPS) is 14.3. The highest BCUT2D eigenvalue weighted by molar-refractivity contribution is 7.81. The van der Waals surface area contributed by atoms with Crippen LogP contribution in [0.25, 0.3) is 44.0 Å². The molecule has 2 aromatic carbocycles. The average molecular weight is 546 g/mol. The van der Waals surface area contributed by atoms with Crippen molar-refractivity contribution in [3.8, 4) is 35.0 Å². The molecule has 5 aromatic rings. The maximum atomic E-state index is 14.0. The second-order valence-corrected chi connectivity index (χ2v) is 10.5. The van der Waals surface area contributed by atoms with E-state index in [-0.39, 0.29) is 17.2 Å². The Hall–Kier alpha value is -4.36. The Morgan fingerprint density at radius 3 is 2.67 bits per heavy atom. The minimum Gasteiger partial charge on any atom is -0.493 e. The van der Waals surface area contributed by atoms with Gasteiger partial charge in [-0.1, -0.05) is 28.7 Å². The Kier molecular flexibility index (Phi) is 6.03. The first-order valence-electron chi connectivity index (χ1n) is 12.6. The van der Waals surface area contributed by atoms with E-state index >= 15 is 0 Å². The maximum Gasteiger partial charge on any atom is 0.488 e. The van der Waals surface area contributed by atoms with Gasteiger partial charge in [-0.25, -0.2) is 0 Å². The topological polar surface area (TPSA) is 103 Å². The number of terminal acetylenes is 1. The fraction of sp³-hybridized carbons (Fsp3) is 0.241. The molecule has 1 fully saturated rings. The zero-order valence-electron chi connectivity index (χ0n) is 21.0. The lowest BCUT2D eigenvalue weighted by Gasteiger charge is -2.21. The van der Waals surface area contributed by atoms with Crippen molar-refractivity contribution in [2.75, 3.05) is 6.61 Å². The number of hydrogen-bond donors (Lipinski definition) is 1. The summed E-state index contributed by atoms with van der Waals surface area (Å²) in [5, 5.41) is 1.88. The average Bonchev–Trinajstić information content (AvgIpc) is 3.56. The number of aromatic amines is 1. The highest BCUT2D eigenvalue weighted by Gasteiger charge is 2.25. The van der Waals surface area contributed by atoms with Gasteiger partial charge in [-0.15, -0.1) is 6.42 Å². The summed E-state index contributed by atoms with van der Waals surface area (Å²) in [6.45, 7) is 2.15. The SMILES string of the molecule is C#Cc1ccc2c(c1)[nH]c1c2c(=O)c2cc(OCC)c(-c3cncc(OS(=O)(=O)F)c3)cc2n1C1CCCC1. The van der Waals surface area contributed by atoms with Crippen LogP contribution in [0.1, 0.15) is 44.2 Å². The Labute approximate surface area is 223 Å². The molecule has 0 bridgehead atoms. The molecule has 6 rings (SSSR count). The predicted octanol–water partition coefficient (Wildman–Crippen LogP) is 5.79. The van der Waals surface area contributed by atoms with Gasteiger partial charge in [0.15, 0.2) is 11.2 Å². The Morgan fingerprint density at radius 1 is 1.15 bits per heavy atom. The molecule has 1 aliphatic rings. The van der Waals surface area contributed by atoms with Crippen LogP contribution in [-0.4, -0.2) is 29.6 Å². The molecule has 10 heteroatoms. The molecule has 0 amide bonds. The molecule has 8 nitrogen and oxygen atoms in total. The van der Waals surface area contributed by atoms with Crippen molar-refractivity contribution in [3.05, 3.63) is 64.6 Å². The second-order valence-electron chi connectivity index (χ2n) is 9.58. The first-order valence-corrected chi connectivity index (χ1v) is 13.9. The van der Waals surface area contributed by atoms with E-state index in [4.69, 9.17) is 11.2 Å². The third-order valence-corrected chi connectivity index (χ3v) is 7.62. The van der Waals surface area contributed by atoms with Gasteiger partial charge in [0.25, 0.3) is 0 Å². The standard InChI is InChI=1S/C29H24FN3O5S/c1-3-17-9-10-21-24(11-17)32-29-27(21)28(34)23-14-26(37-4-2)22(13-25(23)33(29)19-7-5-6-8-19)18-12-20(16-31-15-18)38-39(30,35)36/h1,9-16,19,32H,4-8H2,2H3. The van der Waals surface area contributed by atoms with Gasteiger partial charge >= 0.3 is 10.5 Å². The molecule has 0 spiro atoms. The maximum absolute atomic E-state index is 14.0. The number of rotatable bonds is 6. The Morgan fingerprint density at radius 2 is 1.95 bits per heavy atom. The smallest absolute Gasteiger partial charge is 0.488 e. The molecule has 0 atom stereocenters. The summed E-state index contributed by atoms with van der Waals surface area (Å²) < 4.78 is 47.9. The van der Waals surface area contributed by atoms with Crippen molar-refractivity contribution >= 4 is 43.3 Å². The van der Waals surface area contributed by atoms with Gasteiger partial charge in [0, 0.05) is 39.8 Å². The van der Waals surface area contributed by atoms with Crippen LogP contribution in [0, 0.1) is 12.3 Å². The van der Waals surface area contributed by atoms with Gasteiger partial charge < -0.3 is 18.5 Å². The molecule has 1 aliphatic carbocycles. The molecule has 0 saturated heterocycles. The Balaban J connectivity index is 1.70. The molecule has 198 valence electrons. The molecule has 3 aromatic heterocycles. The third kappa shape index (κ3) is 4.38. The number of aromatic nitrogens is 3. The number of ether oxygens (including phenoxy) is 1. The van der Waals surface area contributed by atoms with Gasteiger partial charge in [-0.2, -0.15) is 8.42 Å². The fourth-order valence-corrected chi connectivity index (χ4v) is 5.98. The minimum atomic E-state index is -5.23. The summed E-state index contributed by atoms with van der Waals surface area (Å²) >= 11 is 0. The summed E-state index contributed by atoms with van der Waals surface area (Å²) in [6, 6.07) is 10.7. The lowest BCUT2D eigenvalue weighted by Crippen LogP contribution is -2.15. The second kappa shape index (κ2) is 9.43. The Bertz CT molecular complexity index is 1980. The van der Waals surface area contributed by atoms with Crippen LogP contribution >= 0.6 is 0 Å². The van der Waals surface area contributed by atoms with E-state index in [2.05, 4.69) is 24.6 Å². The summed E-state index contributed by atoms with van der Waals surface area (Å²) in [7, 11) is -5.23. The third-order valence-electron chi connectivity index (χ3n) is 7.23. The molecule has 0 unspecified atom stereocenters. The van der Waals surface area contributed by atoms with Crippen LogP contribution in [0.2, 0.25) is 0 Å². The zero-order chi connectivity index (χ0) is 27.3. The zero-order valence-corrected chi connectivity index (χ0v) is 21.8. The van der Waals surface area contributed by atoms with Gasteiger partial charge in [0.2, 0.25) is 0 Å². The number of benzene rings is 2. The monoisotopic (exact) mass is 545 g/mol. The van der Waals surface area contributed by atoms with Crippen molar-refractivity contribution in [1.82, 2.24) is 14.5 Å². The van der Waals surface area contributed by atoms with Crippen molar-refractivity contribution < 1.29 is 21.2 Å². The van der Waals surface area contributed by atoms with E-state index in [0.717, 1.165) is 48.4 Å². The van der Waals surface area contributed by atoms with Crippen LogP contribution in [0.3, 0.4) is 0 Å². The van der Waals surface area contributed by atoms with Crippen LogP contribution in [0.15, 0.2) is 53.6 Å². The van der Waals surface area contributed by atoms with E-state index in [9.17, 15) is 17.1 Å². The highest BCUT2D eigenvalue weighted by Crippen LogP contribution is 2.40. The van der Waals surface area contributed by atoms with Gasteiger partial charge in [0.1, 0.15) is 11.4 Å². The molecular weight excluding hydrogens is 521 g/mol.